The molecule has 0 bridgehead atoms. The highest BCUT2D eigenvalue weighted by Crippen LogP contribution is 2.29. The van der Waals surface area contributed by atoms with Crippen LogP contribution in [0.5, 0.6) is 0 Å². The lowest BCUT2D eigenvalue weighted by Crippen LogP contribution is -2.51. The first-order chi connectivity index (χ1) is 20.8. The van der Waals surface area contributed by atoms with Gasteiger partial charge in [0.25, 0.3) is 0 Å². The second-order valence-electron chi connectivity index (χ2n) is 12.1. The molecule has 0 saturated carbocycles. The van der Waals surface area contributed by atoms with Gasteiger partial charge in [0.15, 0.2) is 0 Å². The van der Waals surface area contributed by atoms with E-state index in [1.54, 1.807) is 56.7 Å². The molecule has 44 heavy (non-hydrogen) atoms. The Hall–Kier alpha value is -4.06. The average Bonchev–Trinajstić information content (AvgIpc) is 3.52. The summed E-state index contributed by atoms with van der Waals surface area (Å²) in [5.74, 6) is -0.173. The van der Waals surface area contributed by atoms with Crippen LogP contribution >= 0.6 is 0 Å². The summed E-state index contributed by atoms with van der Waals surface area (Å²) in [4.78, 5) is 57.4. The third kappa shape index (κ3) is 9.73. The Morgan fingerprint density at radius 1 is 0.909 bits per heavy atom. The largest absolute Gasteiger partial charge is 0.467 e. The standard InChI is InChI=1S/C32H46N4O8/c1-23(28(26-14-11-19-42-26)34(7)29(38)24(2)33(6)30(39)44-32(3,4)5)20-41-22-27(37)35-15-17-36(18-16-35)31(40)43-21-25-12-9-8-10-13-25/h8-14,19,23-24,28H,15-18,20-22H2,1-7H3/t23-,24-,28+/m1/s1. The second kappa shape index (κ2) is 15.6. The molecule has 0 spiro atoms. The summed E-state index contributed by atoms with van der Waals surface area (Å²) in [7, 11) is 3.18. The van der Waals surface area contributed by atoms with Crippen LogP contribution in [0.1, 0.15) is 52.0 Å². The van der Waals surface area contributed by atoms with E-state index >= 15 is 0 Å². The second-order valence-corrected chi connectivity index (χ2v) is 12.1. The monoisotopic (exact) mass is 614 g/mol. The highest BCUT2D eigenvalue weighted by Gasteiger charge is 2.35. The maximum absolute atomic E-state index is 13.5. The molecule has 0 unspecified atom stereocenters. The van der Waals surface area contributed by atoms with Crippen molar-refractivity contribution in [3.8, 4) is 0 Å². The van der Waals surface area contributed by atoms with Gasteiger partial charge in [0.05, 0.1) is 18.9 Å². The minimum atomic E-state index is -0.795. The molecule has 1 aromatic carbocycles. The number of piperazine rings is 1. The van der Waals surface area contributed by atoms with Crippen LogP contribution in [0.4, 0.5) is 9.59 Å². The number of ether oxygens (including phenoxy) is 3. The van der Waals surface area contributed by atoms with Gasteiger partial charge in [-0.05, 0) is 45.4 Å². The quantitative estimate of drug-likeness (QED) is 0.370. The van der Waals surface area contributed by atoms with Crippen molar-refractivity contribution in [2.24, 2.45) is 5.92 Å². The molecule has 0 aliphatic carbocycles. The van der Waals surface area contributed by atoms with Gasteiger partial charge >= 0.3 is 12.2 Å². The molecule has 1 aliphatic rings. The van der Waals surface area contributed by atoms with Gasteiger partial charge in [-0.2, -0.15) is 0 Å². The summed E-state index contributed by atoms with van der Waals surface area (Å²) >= 11 is 0. The van der Waals surface area contributed by atoms with Gasteiger partial charge in [-0.3, -0.25) is 14.5 Å². The zero-order valence-corrected chi connectivity index (χ0v) is 26.9. The molecular weight excluding hydrogens is 568 g/mol. The summed E-state index contributed by atoms with van der Waals surface area (Å²) in [5, 5.41) is 0. The summed E-state index contributed by atoms with van der Waals surface area (Å²) < 4.78 is 22.3. The van der Waals surface area contributed by atoms with E-state index in [1.807, 2.05) is 37.3 Å². The third-order valence-electron chi connectivity index (χ3n) is 7.46. The fourth-order valence-electron chi connectivity index (χ4n) is 4.87. The van der Waals surface area contributed by atoms with E-state index in [-0.39, 0.29) is 37.6 Å². The van der Waals surface area contributed by atoms with Crippen LogP contribution in [0.15, 0.2) is 53.1 Å². The maximum atomic E-state index is 13.5. The number of carbonyl (C=O) groups excluding carboxylic acids is 4. The van der Waals surface area contributed by atoms with Gasteiger partial charge in [-0.15, -0.1) is 0 Å². The Morgan fingerprint density at radius 3 is 2.14 bits per heavy atom. The van der Waals surface area contributed by atoms with Crippen LogP contribution in [0.3, 0.4) is 0 Å². The Labute approximate surface area is 259 Å². The van der Waals surface area contributed by atoms with E-state index in [0.717, 1.165) is 5.56 Å². The lowest BCUT2D eigenvalue weighted by atomic mass is 9.98. The van der Waals surface area contributed by atoms with E-state index in [0.29, 0.717) is 31.9 Å². The molecule has 12 heteroatoms. The van der Waals surface area contributed by atoms with Crippen molar-refractivity contribution >= 4 is 24.0 Å². The van der Waals surface area contributed by atoms with E-state index in [4.69, 9.17) is 18.6 Å². The molecule has 1 saturated heterocycles. The van der Waals surface area contributed by atoms with Crippen LogP contribution in [-0.4, -0.2) is 109 Å². The molecule has 2 aromatic rings. The van der Waals surface area contributed by atoms with E-state index in [1.165, 1.54) is 23.1 Å². The highest BCUT2D eigenvalue weighted by molar-refractivity contribution is 5.85. The molecule has 1 aromatic heterocycles. The van der Waals surface area contributed by atoms with Crippen molar-refractivity contribution < 1.29 is 37.8 Å². The fraction of sp³-hybridized carbons (Fsp3) is 0.562. The molecule has 1 fully saturated rings. The Morgan fingerprint density at radius 2 is 1.55 bits per heavy atom. The summed E-state index contributed by atoms with van der Waals surface area (Å²) in [6.07, 6.45) is 0.534. The minimum Gasteiger partial charge on any atom is -0.467 e. The molecule has 3 rings (SSSR count). The number of amides is 4. The summed E-state index contributed by atoms with van der Waals surface area (Å²) in [6, 6.07) is 11.7. The lowest BCUT2D eigenvalue weighted by molar-refractivity contribution is -0.141. The smallest absolute Gasteiger partial charge is 0.410 e. The predicted molar refractivity (Wildman–Crippen MR) is 162 cm³/mol. The van der Waals surface area contributed by atoms with Crippen molar-refractivity contribution in [1.82, 2.24) is 19.6 Å². The first-order valence-corrected chi connectivity index (χ1v) is 14.9. The molecule has 12 nitrogen and oxygen atoms in total. The minimum absolute atomic E-state index is 0.136. The van der Waals surface area contributed by atoms with Crippen molar-refractivity contribution in [3.05, 3.63) is 60.1 Å². The number of benzene rings is 1. The molecule has 242 valence electrons. The molecule has 1 aliphatic heterocycles. The van der Waals surface area contributed by atoms with Gasteiger partial charge < -0.3 is 33.3 Å². The molecule has 0 N–H and O–H groups in total. The lowest BCUT2D eigenvalue weighted by Gasteiger charge is -2.36. The van der Waals surface area contributed by atoms with E-state index in [2.05, 4.69) is 0 Å². The van der Waals surface area contributed by atoms with Gasteiger partial charge in [-0.25, -0.2) is 9.59 Å². The third-order valence-corrected chi connectivity index (χ3v) is 7.46. The van der Waals surface area contributed by atoms with Crippen LogP contribution in [0.25, 0.3) is 0 Å². The molecule has 0 radical (unpaired) electrons. The Balaban J connectivity index is 1.49. The number of nitrogens with zero attached hydrogens (tertiary/aromatic N) is 4. The van der Waals surface area contributed by atoms with E-state index in [9.17, 15) is 19.2 Å². The summed E-state index contributed by atoms with van der Waals surface area (Å²) in [6.45, 7) is 10.6. The van der Waals surface area contributed by atoms with Crippen LogP contribution < -0.4 is 0 Å². The zero-order chi connectivity index (χ0) is 32.4. The van der Waals surface area contributed by atoms with Crippen molar-refractivity contribution in [3.63, 3.8) is 0 Å². The normalized spacial score (nSPS) is 15.6. The zero-order valence-electron chi connectivity index (χ0n) is 26.9. The SMILES string of the molecule is C[C@H](COCC(=O)N1CCN(C(=O)OCc2ccccc2)CC1)[C@@H](c1ccco1)N(C)C(=O)[C@@H](C)N(C)C(=O)OC(C)(C)C. The average molecular weight is 615 g/mol. The van der Waals surface area contributed by atoms with Crippen LogP contribution in [-0.2, 0) is 30.4 Å². The van der Waals surface area contributed by atoms with Crippen LogP contribution in [0.2, 0.25) is 0 Å². The topological polar surface area (TPSA) is 122 Å². The summed E-state index contributed by atoms with van der Waals surface area (Å²) in [5.41, 5.74) is 0.218. The fourth-order valence-corrected chi connectivity index (χ4v) is 4.87. The Kier molecular flexibility index (Phi) is 12.2. The number of carbonyl (C=O) groups is 4. The number of furan rings is 1. The molecule has 4 amide bonds. The van der Waals surface area contributed by atoms with Crippen molar-refractivity contribution in [1.29, 1.82) is 0 Å². The number of hydrogen-bond donors (Lipinski definition) is 0. The van der Waals surface area contributed by atoms with Crippen molar-refractivity contribution in [2.75, 3.05) is 53.5 Å². The van der Waals surface area contributed by atoms with Gasteiger partial charge in [0.1, 0.15) is 30.6 Å². The number of rotatable bonds is 11. The molecule has 3 atom stereocenters. The maximum Gasteiger partial charge on any atom is 0.410 e. The van der Waals surface area contributed by atoms with Crippen LogP contribution in [0, 0.1) is 5.92 Å². The predicted octanol–water partition coefficient (Wildman–Crippen LogP) is 4.17. The number of likely N-dealkylation sites (N-methyl/N-ethyl adjacent to an activating group) is 2. The van der Waals surface area contributed by atoms with E-state index < -0.39 is 29.9 Å². The van der Waals surface area contributed by atoms with Gasteiger partial charge in [0.2, 0.25) is 11.8 Å². The van der Waals surface area contributed by atoms with Gasteiger partial charge in [0, 0.05) is 46.2 Å². The Bertz CT molecular complexity index is 1220. The molecular formula is C32H46N4O8. The number of hydrogen-bond acceptors (Lipinski definition) is 8. The first-order valence-electron chi connectivity index (χ1n) is 14.9. The highest BCUT2D eigenvalue weighted by atomic mass is 16.6. The first kappa shape index (κ1) is 34.4. The molecule has 2 heterocycles. The van der Waals surface area contributed by atoms with Crippen molar-refractivity contribution in [2.45, 2.75) is 58.9 Å². The van der Waals surface area contributed by atoms with Gasteiger partial charge in [-0.1, -0.05) is 37.3 Å².